The molecule has 1 aromatic heterocycles. The Hall–Kier alpha value is -3.79. The van der Waals surface area contributed by atoms with Crippen LogP contribution in [0.1, 0.15) is 29.9 Å². The molecule has 0 saturated carbocycles. The third-order valence-electron chi connectivity index (χ3n) is 4.41. The molecule has 1 amide bonds. The van der Waals surface area contributed by atoms with Gasteiger partial charge in [-0.3, -0.25) is 14.9 Å². The van der Waals surface area contributed by atoms with Crippen molar-refractivity contribution in [3.63, 3.8) is 0 Å². The van der Waals surface area contributed by atoms with E-state index >= 15 is 0 Å². The SMILES string of the molecule is CCOc1ccc(CNC(=O)c2ccn(COc3ccc([N+](=O)[O-])cc3Cl)n2)cc1OCC. The number of nitro benzene ring substituents is 1. The molecule has 0 aliphatic heterocycles. The lowest BCUT2D eigenvalue weighted by molar-refractivity contribution is -0.384. The van der Waals surface area contributed by atoms with Gasteiger partial charge in [-0.2, -0.15) is 5.10 Å². The van der Waals surface area contributed by atoms with E-state index in [2.05, 4.69) is 10.4 Å². The molecular formula is C22H23ClN4O6. The summed E-state index contributed by atoms with van der Waals surface area (Å²) in [6.45, 7) is 5.07. The van der Waals surface area contributed by atoms with Crippen molar-refractivity contribution in [1.29, 1.82) is 0 Å². The Morgan fingerprint density at radius 1 is 1.06 bits per heavy atom. The van der Waals surface area contributed by atoms with E-state index in [0.29, 0.717) is 24.7 Å². The first kappa shape index (κ1) is 23.9. The van der Waals surface area contributed by atoms with Crippen molar-refractivity contribution >= 4 is 23.2 Å². The van der Waals surface area contributed by atoms with Crippen LogP contribution in [0.25, 0.3) is 0 Å². The van der Waals surface area contributed by atoms with E-state index in [0.717, 1.165) is 5.56 Å². The third-order valence-corrected chi connectivity index (χ3v) is 4.71. The highest BCUT2D eigenvalue weighted by Crippen LogP contribution is 2.29. The van der Waals surface area contributed by atoms with Crippen molar-refractivity contribution < 1.29 is 23.9 Å². The van der Waals surface area contributed by atoms with Crippen LogP contribution in [0.3, 0.4) is 0 Å². The van der Waals surface area contributed by atoms with Gasteiger partial charge >= 0.3 is 0 Å². The zero-order valence-corrected chi connectivity index (χ0v) is 18.9. The van der Waals surface area contributed by atoms with Crippen LogP contribution in [-0.2, 0) is 13.3 Å². The number of amides is 1. The zero-order chi connectivity index (χ0) is 23.8. The van der Waals surface area contributed by atoms with E-state index in [-0.39, 0.29) is 41.3 Å². The molecule has 0 saturated heterocycles. The van der Waals surface area contributed by atoms with Crippen LogP contribution in [0.5, 0.6) is 17.2 Å². The molecule has 0 aliphatic carbocycles. The number of hydrogen-bond acceptors (Lipinski definition) is 7. The summed E-state index contributed by atoms with van der Waals surface area (Å²) in [7, 11) is 0. The smallest absolute Gasteiger partial charge is 0.272 e. The lowest BCUT2D eigenvalue weighted by Crippen LogP contribution is -2.23. The molecule has 0 radical (unpaired) electrons. The van der Waals surface area contributed by atoms with Crippen molar-refractivity contribution in [2.45, 2.75) is 27.1 Å². The highest BCUT2D eigenvalue weighted by molar-refractivity contribution is 6.32. The molecule has 1 N–H and O–H groups in total. The Balaban J connectivity index is 1.57. The number of nitro groups is 1. The quantitative estimate of drug-likeness (QED) is 0.326. The monoisotopic (exact) mass is 474 g/mol. The maximum atomic E-state index is 12.5. The van der Waals surface area contributed by atoms with E-state index in [4.69, 9.17) is 25.8 Å². The number of carbonyl (C=O) groups excluding carboxylic acids is 1. The summed E-state index contributed by atoms with van der Waals surface area (Å²) in [5.41, 5.74) is 0.932. The first-order valence-electron chi connectivity index (χ1n) is 10.2. The maximum Gasteiger partial charge on any atom is 0.272 e. The molecule has 11 heteroatoms. The number of benzene rings is 2. The van der Waals surface area contributed by atoms with Crippen LogP contribution < -0.4 is 19.5 Å². The third kappa shape index (κ3) is 6.36. The molecule has 0 fully saturated rings. The van der Waals surface area contributed by atoms with Crippen LogP contribution in [0.15, 0.2) is 48.7 Å². The van der Waals surface area contributed by atoms with Gasteiger partial charge in [-0.25, -0.2) is 4.68 Å². The second kappa shape index (κ2) is 11.2. The summed E-state index contributed by atoms with van der Waals surface area (Å²) in [5, 5.41) is 17.9. The van der Waals surface area contributed by atoms with Crippen LogP contribution in [0, 0.1) is 10.1 Å². The molecule has 33 heavy (non-hydrogen) atoms. The Morgan fingerprint density at radius 3 is 2.48 bits per heavy atom. The second-order valence-electron chi connectivity index (χ2n) is 6.72. The fourth-order valence-electron chi connectivity index (χ4n) is 2.89. The molecule has 10 nitrogen and oxygen atoms in total. The van der Waals surface area contributed by atoms with Gasteiger partial charge in [-0.1, -0.05) is 17.7 Å². The molecule has 3 rings (SSSR count). The molecule has 2 aromatic carbocycles. The molecule has 0 aliphatic rings. The number of hydrogen-bond donors (Lipinski definition) is 1. The molecular weight excluding hydrogens is 452 g/mol. The van der Waals surface area contributed by atoms with Gasteiger partial charge < -0.3 is 19.5 Å². The largest absolute Gasteiger partial charge is 0.490 e. The van der Waals surface area contributed by atoms with Gasteiger partial charge in [0.2, 0.25) is 0 Å². The van der Waals surface area contributed by atoms with E-state index < -0.39 is 4.92 Å². The van der Waals surface area contributed by atoms with Gasteiger partial charge in [-0.05, 0) is 43.7 Å². The summed E-state index contributed by atoms with van der Waals surface area (Å²) in [4.78, 5) is 22.7. The molecule has 0 spiro atoms. The molecule has 3 aromatic rings. The first-order valence-corrected chi connectivity index (χ1v) is 10.6. The fraction of sp³-hybridized carbons (Fsp3) is 0.273. The number of carbonyl (C=O) groups is 1. The van der Waals surface area contributed by atoms with Crippen molar-refractivity contribution in [2.75, 3.05) is 13.2 Å². The highest BCUT2D eigenvalue weighted by atomic mass is 35.5. The average molecular weight is 475 g/mol. The Morgan fingerprint density at radius 2 is 1.79 bits per heavy atom. The predicted octanol–water partition coefficient (Wildman–Crippen LogP) is 4.21. The summed E-state index contributed by atoms with van der Waals surface area (Å²) >= 11 is 6.01. The summed E-state index contributed by atoms with van der Waals surface area (Å²) < 4.78 is 18.1. The minimum Gasteiger partial charge on any atom is -0.490 e. The highest BCUT2D eigenvalue weighted by Gasteiger charge is 2.13. The van der Waals surface area contributed by atoms with Crippen molar-refractivity contribution in [3.8, 4) is 17.2 Å². The first-order chi connectivity index (χ1) is 15.9. The van der Waals surface area contributed by atoms with Gasteiger partial charge in [0, 0.05) is 24.9 Å². The van der Waals surface area contributed by atoms with E-state index in [1.165, 1.54) is 22.9 Å². The normalized spacial score (nSPS) is 10.5. The maximum absolute atomic E-state index is 12.5. The summed E-state index contributed by atoms with van der Waals surface area (Å²) in [6, 6.07) is 11.0. The molecule has 0 atom stereocenters. The average Bonchev–Trinajstić information content (AvgIpc) is 3.27. The Kier molecular flexibility index (Phi) is 8.09. The molecule has 0 unspecified atom stereocenters. The fourth-order valence-corrected chi connectivity index (χ4v) is 3.12. The topological polar surface area (TPSA) is 118 Å². The number of rotatable bonds is 11. The predicted molar refractivity (Wildman–Crippen MR) is 121 cm³/mol. The zero-order valence-electron chi connectivity index (χ0n) is 18.1. The number of non-ortho nitro benzene ring substituents is 1. The van der Waals surface area contributed by atoms with E-state index in [1.54, 1.807) is 12.3 Å². The van der Waals surface area contributed by atoms with Gasteiger partial charge in [0.05, 0.1) is 23.2 Å². The summed E-state index contributed by atoms with van der Waals surface area (Å²) in [5.74, 6) is 1.19. The number of aromatic nitrogens is 2. The van der Waals surface area contributed by atoms with E-state index in [1.807, 2.05) is 32.0 Å². The standard InChI is InChI=1S/C22H23ClN4O6/c1-3-31-20-7-5-15(11-21(20)32-4-2)13-24-22(28)18-9-10-26(25-18)14-33-19-8-6-16(27(29)30)12-17(19)23/h5-12H,3-4,13-14H2,1-2H3,(H,24,28). The number of nitrogens with zero attached hydrogens (tertiary/aromatic N) is 3. The lowest BCUT2D eigenvalue weighted by Gasteiger charge is -2.12. The Labute approximate surface area is 195 Å². The lowest BCUT2D eigenvalue weighted by atomic mass is 10.2. The van der Waals surface area contributed by atoms with Crippen molar-refractivity contribution in [2.24, 2.45) is 0 Å². The van der Waals surface area contributed by atoms with Gasteiger partial charge in [-0.15, -0.1) is 0 Å². The molecule has 174 valence electrons. The van der Waals surface area contributed by atoms with Crippen molar-refractivity contribution in [3.05, 3.63) is 75.1 Å². The van der Waals surface area contributed by atoms with Crippen LogP contribution >= 0.6 is 11.6 Å². The van der Waals surface area contributed by atoms with Crippen LogP contribution in [0.4, 0.5) is 5.69 Å². The van der Waals surface area contributed by atoms with Crippen LogP contribution in [0.2, 0.25) is 5.02 Å². The van der Waals surface area contributed by atoms with Crippen LogP contribution in [-0.4, -0.2) is 33.8 Å². The van der Waals surface area contributed by atoms with Gasteiger partial charge in [0.25, 0.3) is 11.6 Å². The number of ether oxygens (including phenoxy) is 3. The molecule has 1 heterocycles. The minimum absolute atomic E-state index is 0.0264. The van der Waals surface area contributed by atoms with E-state index in [9.17, 15) is 14.9 Å². The van der Waals surface area contributed by atoms with Gasteiger partial charge in [0.15, 0.2) is 18.2 Å². The minimum atomic E-state index is -0.543. The Bertz CT molecular complexity index is 1130. The molecule has 0 bridgehead atoms. The van der Waals surface area contributed by atoms with Crippen molar-refractivity contribution in [1.82, 2.24) is 15.1 Å². The number of halogens is 1. The second-order valence-corrected chi connectivity index (χ2v) is 7.12. The number of nitrogens with one attached hydrogen (secondary N) is 1. The summed E-state index contributed by atoms with van der Waals surface area (Å²) in [6.07, 6.45) is 1.58. The van der Waals surface area contributed by atoms with Gasteiger partial charge in [0.1, 0.15) is 11.4 Å².